The molecule has 3 nitrogen and oxygen atoms in total. The van der Waals surface area contributed by atoms with Crippen LogP contribution in [0.2, 0.25) is 0 Å². The van der Waals surface area contributed by atoms with Gasteiger partial charge in [-0.2, -0.15) is 0 Å². The Balaban J connectivity index is 2.28. The summed E-state index contributed by atoms with van der Waals surface area (Å²) < 4.78 is 15.2. The molecule has 7 heteroatoms. The molecule has 0 fully saturated rings. The van der Waals surface area contributed by atoms with Crippen molar-refractivity contribution in [1.82, 2.24) is 15.5 Å². The molecule has 0 spiro atoms. The third kappa shape index (κ3) is 3.68. The van der Waals surface area contributed by atoms with E-state index in [2.05, 4.69) is 15.5 Å². The molecule has 1 unspecified atom stereocenters. The summed E-state index contributed by atoms with van der Waals surface area (Å²) in [7, 11) is 1.86. The summed E-state index contributed by atoms with van der Waals surface area (Å²) in [5, 5.41) is 11.3. The number of rotatable bonds is 5. The van der Waals surface area contributed by atoms with Gasteiger partial charge in [0.15, 0.2) is 8.68 Å². The predicted octanol–water partition coefficient (Wildman–Crippen LogP) is 3.83. The number of hydrogen-bond donors (Lipinski definition) is 1. The average molecular weight is 315 g/mol. The van der Waals surface area contributed by atoms with Crippen molar-refractivity contribution in [3.05, 3.63) is 29.6 Å². The molecule has 0 saturated heterocycles. The van der Waals surface area contributed by atoms with E-state index >= 15 is 0 Å². The van der Waals surface area contributed by atoms with E-state index in [1.165, 1.54) is 17.8 Å². The maximum Gasteiger partial charge on any atom is 0.179 e. The molecule has 1 aromatic carbocycles. The van der Waals surface area contributed by atoms with Crippen LogP contribution in [-0.2, 0) is 0 Å². The van der Waals surface area contributed by atoms with Crippen molar-refractivity contribution < 1.29 is 4.39 Å². The topological polar surface area (TPSA) is 37.8 Å². The number of thioether (sulfide) groups is 1. The molecule has 102 valence electrons. The average Bonchev–Trinajstić information content (AvgIpc) is 2.87. The fourth-order valence-electron chi connectivity index (χ4n) is 1.52. The van der Waals surface area contributed by atoms with Crippen LogP contribution in [0.4, 0.5) is 4.39 Å². The van der Waals surface area contributed by atoms with Gasteiger partial charge in [-0.1, -0.05) is 34.9 Å². The zero-order valence-electron chi connectivity index (χ0n) is 10.8. The minimum Gasteiger partial charge on any atom is -0.313 e. The van der Waals surface area contributed by atoms with Gasteiger partial charge in [-0.15, -0.1) is 10.2 Å². The maximum absolute atomic E-state index is 13.4. The Labute approximate surface area is 124 Å². The van der Waals surface area contributed by atoms with E-state index in [1.54, 1.807) is 35.2 Å². The lowest BCUT2D eigenvalue weighted by atomic mass is 10.1. The molecular formula is C12H14FN3S3. The summed E-state index contributed by atoms with van der Waals surface area (Å²) in [6.45, 7) is 2.01. The van der Waals surface area contributed by atoms with Crippen LogP contribution in [0.3, 0.4) is 0 Å². The van der Waals surface area contributed by atoms with Crippen LogP contribution in [0.1, 0.15) is 18.5 Å². The van der Waals surface area contributed by atoms with Crippen LogP contribution in [0.25, 0.3) is 0 Å². The molecule has 0 aliphatic heterocycles. The fraction of sp³-hybridized carbons (Fsp3) is 0.333. The molecule has 19 heavy (non-hydrogen) atoms. The van der Waals surface area contributed by atoms with Gasteiger partial charge in [0.2, 0.25) is 0 Å². The zero-order chi connectivity index (χ0) is 13.8. The van der Waals surface area contributed by atoms with Crippen molar-refractivity contribution in [2.75, 3.05) is 13.3 Å². The Morgan fingerprint density at radius 1 is 1.32 bits per heavy atom. The lowest BCUT2D eigenvalue weighted by molar-refractivity contribution is 0.601. The van der Waals surface area contributed by atoms with Crippen molar-refractivity contribution in [3.63, 3.8) is 0 Å². The Morgan fingerprint density at radius 2 is 2.05 bits per heavy atom. The lowest BCUT2D eigenvalue weighted by Gasteiger charge is -2.14. The van der Waals surface area contributed by atoms with Gasteiger partial charge in [0.05, 0.1) is 0 Å². The standard InChI is InChI=1S/C12H14FN3S3/c1-7(14-2)9-6-8(13)4-5-10(9)18-12-16-15-11(17-3)19-12/h4-7,14H,1-3H3. The van der Waals surface area contributed by atoms with Crippen LogP contribution in [0.5, 0.6) is 0 Å². The van der Waals surface area contributed by atoms with Gasteiger partial charge in [-0.05, 0) is 44.0 Å². The van der Waals surface area contributed by atoms with E-state index < -0.39 is 0 Å². The lowest BCUT2D eigenvalue weighted by Crippen LogP contribution is -2.13. The van der Waals surface area contributed by atoms with Gasteiger partial charge in [0, 0.05) is 10.9 Å². The highest BCUT2D eigenvalue weighted by molar-refractivity contribution is 8.03. The summed E-state index contributed by atoms with van der Waals surface area (Å²) in [6.07, 6.45) is 1.97. The molecule has 1 N–H and O–H groups in total. The van der Waals surface area contributed by atoms with E-state index in [0.29, 0.717) is 0 Å². The molecule has 0 radical (unpaired) electrons. The molecule has 1 atom stereocenters. The quantitative estimate of drug-likeness (QED) is 0.849. The smallest absolute Gasteiger partial charge is 0.179 e. The Morgan fingerprint density at radius 3 is 2.68 bits per heavy atom. The summed E-state index contributed by atoms with van der Waals surface area (Å²) in [5.74, 6) is -0.219. The van der Waals surface area contributed by atoms with E-state index in [-0.39, 0.29) is 11.9 Å². The number of halogens is 1. The van der Waals surface area contributed by atoms with Crippen molar-refractivity contribution >= 4 is 34.9 Å². The zero-order valence-corrected chi connectivity index (χ0v) is 13.3. The summed E-state index contributed by atoms with van der Waals surface area (Å²) in [5.41, 5.74) is 0.938. The first kappa shape index (κ1) is 14.8. The van der Waals surface area contributed by atoms with Crippen LogP contribution >= 0.6 is 34.9 Å². The van der Waals surface area contributed by atoms with Crippen LogP contribution in [0, 0.1) is 5.82 Å². The molecule has 0 aliphatic rings. The van der Waals surface area contributed by atoms with Crippen molar-refractivity contribution in [2.45, 2.75) is 26.5 Å². The first-order valence-corrected chi connectivity index (χ1v) is 8.52. The first-order valence-electron chi connectivity index (χ1n) is 5.66. The number of hydrogen-bond acceptors (Lipinski definition) is 6. The highest BCUT2D eigenvalue weighted by Crippen LogP contribution is 2.36. The largest absolute Gasteiger partial charge is 0.313 e. The summed E-state index contributed by atoms with van der Waals surface area (Å²) in [6, 6.07) is 4.93. The molecule has 0 aliphatic carbocycles. The van der Waals surface area contributed by atoms with E-state index in [4.69, 9.17) is 0 Å². The summed E-state index contributed by atoms with van der Waals surface area (Å²) >= 11 is 4.65. The fourth-order valence-corrected chi connectivity index (χ4v) is 4.12. The molecule has 0 saturated carbocycles. The second-order valence-electron chi connectivity index (χ2n) is 3.83. The minimum absolute atomic E-state index is 0.0890. The minimum atomic E-state index is -0.219. The van der Waals surface area contributed by atoms with Gasteiger partial charge >= 0.3 is 0 Å². The van der Waals surface area contributed by atoms with E-state index in [1.807, 2.05) is 20.2 Å². The van der Waals surface area contributed by atoms with Crippen LogP contribution in [0.15, 0.2) is 31.8 Å². The second-order valence-corrected chi connectivity index (χ2v) is 7.15. The van der Waals surface area contributed by atoms with Gasteiger partial charge in [-0.3, -0.25) is 0 Å². The summed E-state index contributed by atoms with van der Waals surface area (Å²) in [4.78, 5) is 1.01. The van der Waals surface area contributed by atoms with E-state index in [9.17, 15) is 4.39 Å². The Bertz CT molecular complexity index is 559. The highest BCUT2D eigenvalue weighted by atomic mass is 32.2. The number of benzene rings is 1. The van der Waals surface area contributed by atoms with Gasteiger partial charge in [0.1, 0.15) is 5.82 Å². The molecule has 1 aromatic heterocycles. The third-order valence-electron chi connectivity index (χ3n) is 2.63. The van der Waals surface area contributed by atoms with Crippen molar-refractivity contribution in [3.8, 4) is 0 Å². The molecule has 2 aromatic rings. The normalized spacial score (nSPS) is 12.6. The molecular weight excluding hydrogens is 301 g/mol. The number of nitrogens with one attached hydrogen (secondary N) is 1. The van der Waals surface area contributed by atoms with Crippen molar-refractivity contribution in [1.29, 1.82) is 0 Å². The van der Waals surface area contributed by atoms with Crippen molar-refractivity contribution in [2.24, 2.45) is 0 Å². The predicted molar refractivity (Wildman–Crippen MR) is 79.7 cm³/mol. The SMILES string of the molecule is CNC(C)c1cc(F)ccc1Sc1nnc(SC)s1. The van der Waals surface area contributed by atoms with Gasteiger partial charge in [-0.25, -0.2) is 4.39 Å². The number of nitrogens with zero attached hydrogens (tertiary/aromatic N) is 2. The molecule has 2 rings (SSSR count). The van der Waals surface area contributed by atoms with Gasteiger partial charge in [0.25, 0.3) is 0 Å². The highest BCUT2D eigenvalue weighted by Gasteiger charge is 2.13. The number of aromatic nitrogens is 2. The third-order valence-corrected chi connectivity index (χ3v) is 5.67. The Hall–Kier alpha value is -0.630. The Kier molecular flexibility index (Phi) is 5.20. The van der Waals surface area contributed by atoms with E-state index in [0.717, 1.165) is 19.1 Å². The maximum atomic E-state index is 13.4. The van der Waals surface area contributed by atoms with Gasteiger partial charge < -0.3 is 5.32 Å². The first-order chi connectivity index (χ1) is 9.13. The van der Waals surface area contributed by atoms with Crippen LogP contribution < -0.4 is 5.32 Å². The monoisotopic (exact) mass is 315 g/mol. The molecule has 0 amide bonds. The van der Waals surface area contributed by atoms with Crippen LogP contribution in [-0.4, -0.2) is 23.5 Å². The second kappa shape index (κ2) is 6.69. The molecule has 1 heterocycles. The molecule has 0 bridgehead atoms.